The van der Waals surface area contributed by atoms with Gasteiger partial charge in [-0.15, -0.1) is 0 Å². The van der Waals surface area contributed by atoms with Crippen LogP contribution in [0.5, 0.6) is 0 Å². The number of aromatic nitrogens is 1. The van der Waals surface area contributed by atoms with Gasteiger partial charge in [0.2, 0.25) is 10.0 Å². The summed E-state index contributed by atoms with van der Waals surface area (Å²) in [6.07, 6.45) is 0. The maximum absolute atomic E-state index is 13.1. The summed E-state index contributed by atoms with van der Waals surface area (Å²) in [7, 11) is 0.358. The lowest BCUT2D eigenvalue weighted by atomic mass is 10.0. The van der Waals surface area contributed by atoms with E-state index in [1.54, 1.807) is 33.8 Å². The third-order valence-corrected chi connectivity index (χ3v) is 7.75. The molecule has 0 unspecified atom stereocenters. The zero-order valence-corrected chi connectivity index (χ0v) is 20.9. The number of sulfonamides is 1. The molecule has 1 aromatic heterocycles. The monoisotopic (exact) mass is 469 g/mol. The van der Waals surface area contributed by atoms with Crippen molar-refractivity contribution in [1.82, 2.24) is 14.2 Å². The number of nitrogens with zero attached hydrogens (tertiary/aromatic N) is 3. The minimum atomic E-state index is -3.55. The second kappa shape index (κ2) is 9.64. The average molecular weight is 470 g/mol. The van der Waals surface area contributed by atoms with Gasteiger partial charge in [-0.3, -0.25) is 4.90 Å². The third kappa shape index (κ3) is 5.44. The van der Waals surface area contributed by atoms with E-state index in [-0.39, 0.29) is 25.4 Å². The van der Waals surface area contributed by atoms with Gasteiger partial charge in [-0.1, -0.05) is 24.0 Å². The molecular weight excluding hydrogens is 438 g/mol. The molecule has 3 rings (SSSR count). The van der Waals surface area contributed by atoms with Gasteiger partial charge in [0, 0.05) is 24.2 Å². The first-order valence-corrected chi connectivity index (χ1v) is 12.3. The molecule has 0 N–H and O–H groups in total. The molecule has 2 aromatic rings. The van der Waals surface area contributed by atoms with E-state index in [2.05, 4.69) is 16.8 Å². The predicted molar refractivity (Wildman–Crippen MR) is 129 cm³/mol. The molecule has 0 aliphatic carbocycles. The fourth-order valence-electron chi connectivity index (χ4n) is 3.51. The van der Waals surface area contributed by atoms with Crippen LogP contribution in [0.25, 0.3) is 11.3 Å². The molecular formula is C25H31N3O4S. The number of pyridine rings is 1. The first-order chi connectivity index (χ1) is 15.4. The normalized spacial score (nSPS) is 14.0. The molecule has 1 aliphatic rings. The number of hydrogen-bond donors (Lipinski definition) is 0. The molecule has 0 spiro atoms. The molecule has 0 saturated carbocycles. The molecule has 2 heterocycles. The van der Waals surface area contributed by atoms with Crippen LogP contribution in [0, 0.1) is 11.8 Å². The zero-order chi connectivity index (χ0) is 24.4. The molecule has 1 aliphatic heterocycles. The Bertz CT molecular complexity index is 1220. The first-order valence-electron chi connectivity index (χ1n) is 10.9. The van der Waals surface area contributed by atoms with Gasteiger partial charge in [-0.25, -0.2) is 18.2 Å². The van der Waals surface area contributed by atoms with Crippen molar-refractivity contribution >= 4 is 16.0 Å². The standard InChI is InChI=1S/C25H31N3O4S/c1-7-32-24(29)22-15-20-16-28(33(30,31)25(2,3)4)17-21(20)23(26-22)19-12-8-10-18(14-19)11-9-13-27(5)6/h8,10,12,14-15H,7,13,16-17H2,1-6H3. The number of ether oxygens (including phenoxy) is 1. The van der Waals surface area contributed by atoms with Crippen molar-refractivity contribution in [2.24, 2.45) is 0 Å². The van der Waals surface area contributed by atoms with Gasteiger partial charge >= 0.3 is 5.97 Å². The van der Waals surface area contributed by atoms with Crippen molar-refractivity contribution in [2.45, 2.75) is 45.5 Å². The van der Waals surface area contributed by atoms with Gasteiger partial charge in [0.25, 0.3) is 0 Å². The van der Waals surface area contributed by atoms with Crippen molar-refractivity contribution in [3.05, 3.63) is 52.7 Å². The van der Waals surface area contributed by atoms with Crippen LogP contribution in [-0.2, 0) is 27.8 Å². The maximum atomic E-state index is 13.1. The maximum Gasteiger partial charge on any atom is 0.356 e. The van der Waals surface area contributed by atoms with E-state index in [1.807, 2.05) is 43.3 Å². The van der Waals surface area contributed by atoms with Crippen LogP contribution in [0.4, 0.5) is 0 Å². The second-order valence-electron chi connectivity index (χ2n) is 9.22. The van der Waals surface area contributed by atoms with Crippen LogP contribution >= 0.6 is 0 Å². The molecule has 0 fully saturated rings. The Morgan fingerprint density at radius 3 is 2.58 bits per heavy atom. The van der Waals surface area contributed by atoms with Crippen molar-refractivity contribution in [2.75, 3.05) is 27.2 Å². The number of rotatable bonds is 5. The van der Waals surface area contributed by atoms with Gasteiger partial charge in [0.15, 0.2) is 0 Å². The lowest BCUT2D eigenvalue weighted by Gasteiger charge is -2.26. The zero-order valence-electron chi connectivity index (χ0n) is 20.1. The predicted octanol–water partition coefficient (Wildman–Crippen LogP) is 3.28. The molecule has 0 bridgehead atoms. The number of benzene rings is 1. The van der Waals surface area contributed by atoms with E-state index in [9.17, 15) is 13.2 Å². The second-order valence-corrected chi connectivity index (χ2v) is 11.9. The fraction of sp³-hybridized carbons (Fsp3) is 0.440. The van der Waals surface area contributed by atoms with E-state index in [1.165, 1.54) is 4.31 Å². The number of carbonyl (C=O) groups is 1. The minimum Gasteiger partial charge on any atom is -0.461 e. The highest BCUT2D eigenvalue weighted by molar-refractivity contribution is 7.90. The number of fused-ring (bicyclic) bond motifs is 1. The van der Waals surface area contributed by atoms with Crippen LogP contribution in [0.15, 0.2) is 30.3 Å². The molecule has 8 heteroatoms. The summed E-state index contributed by atoms with van der Waals surface area (Å²) >= 11 is 0. The topological polar surface area (TPSA) is 79.8 Å². The van der Waals surface area contributed by atoms with E-state index in [4.69, 9.17) is 4.74 Å². The van der Waals surface area contributed by atoms with Crippen LogP contribution in [0.3, 0.4) is 0 Å². The SMILES string of the molecule is CCOC(=O)c1cc2c(c(-c3cccc(C#CCN(C)C)c3)n1)CN(S(=O)(=O)C(C)(C)C)C2. The van der Waals surface area contributed by atoms with E-state index >= 15 is 0 Å². The average Bonchev–Trinajstić information content (AvgIpc) is 3.17. The molecule has 1 aromatic carbocycles. The molecule has 176 valence electrons. The lowest BCUT2D eigenvalue weighted by molar-refractivity contribution is 0.0519. The Labute approximate surface area is 196 Å². The number of hydrogen-bond acceptors (Lipinski definition) is 6. The number of esters is 1. The Balaban J connectivity index is 2.10. The van der Waals surface area contributed by atoms with E-state index in [0.29, 0.717) is 12.2 Å². The highest BCUT2D eigenvalue weighted by atomic mass is 32.2. The Morgan fingerprint density at radius 2 is 1.94 bits per heavy atom. The summed E-state index contributed by atoms with van der Waals surface area (Å²) in [6, 6.07) is 9.27. The van der Waals surface area contributed by atoms with Gasteiger partial charge < -0.3 is 4.74 Å². The summed E-state index contributed by atoms with van der Waals surface area (Å²) in [6.45, 7) is 8.05. The van der Waals surface area contributed by atoms with Gasteiger partial charge in [0.1, 0.15) is 5.69 Å². The smallest absolute Gasteiger partial charge is 0.356 e. The van der Waals surface area contributed by atoms with Crippen molar-refractivity contribution in [1.29, 1.82) is 0 Å². The number of carbonyl (C=O) groups excluding carboxylic acids is 1. The summed E-state index contributed by atoms with van der Waals surface area (Å²) in [4.78, 5) is 19.1. The summed E-state index contributed by atoms with van der Waals surface area (Å²) < 4.78 is 31.9. The Kier molecular flexibility index (Phi) is 7.27. The molecule has 0 saturated heterocycles. The van der Waals surface area contributed by atoms with Gasteiger partial charge in [0.05, 0.1) is 23.6 Å². The quantitative estimate of drug-likeness (QED) is 0.494. The molecule has 0 amide bonds. The highest BCUT2D eigenvalue weighted by Crippen LogP contribution is 2.36. The fourth-order valence-corrected chi connectivity index (χ4v) is 4.90. The van der Waals surface area contributed by atoms with E-state index in [0.717, 1.165) is 22.3 Å². The molecule has 0 radical (unpaired) electrons. The summed E-state index contributed by atoms with van der Waals surface area (Å²) in [5.74, 6) is 5.74. The Hall–Kier alpha value is -2.73. The van der Waals surface area contributed by atoms with Gasteiger partial charge in [-0.2, -0.15) is 4.31 Å². The van der Waals surface area contributed by atoms with Crippen molar-refractivity contribution < 1.29 is 17.9 Å². The van der Waals surface area contributed by atoms with Crippen LogP contribution < -0.4 is 0 Å². The molecule has 33 heavy (non-hydrogen) atoms. The Morgan fingerprint density at radius 1 is 1.21 bits per heavy atom. The van der Waals surface area contributed by atoms with Crippen molar-refractivity contribution in [3.8, 4) is 23.1 Å². The summed E-state index contributed by atoms with van der Waals surface area (Å²) in [5, 5.41) is 0. The van der Waals surface area contributed by atoms with Crippen LogP contribution in [-0.4, -0.2) is 60.6 Å². The van der Waals surface area contributed by atoms with E-state index < -0.39 is 20.7 Å². The largest absolute Gasteiger partial charge is 0.461 e. The highest BCUT2D eigenvalue weighted by Gasteiger charge is 2.39. The molecule has 7 nitrogen and oxygen atoms in total. The minimum absolute atomic E-state index is 0.171. The first kappa shape index (κ1) is 24.9. The van der Waals surface area contributed by atoms with Gasteiger partial charge in [-0.05, 0) is 71.1 Å². The van der Waals surface area contributed by atoms with Crippen LogP contribution in [0.1, 0.15) is 54.9 Å². The van der Waals surface area contributed by atoms with Crippen LogP contribution in [0.2, 0.25) is 0 Å². The third-order valence-electron chi connectivity index (χ3n) is 5.26. The van der Waals surface area contributed by atoms with Crippen molar-refractivity contribution in [3.63, 3.8) is 0 Å². The molecule has 0 atom stereocenters. The summed E-state index contributed by atoms with van der Waals surface area (Å²) in [5.41, 5.74) is 3.92. The lowest BCUT2D eigenvalue weighted by Crippen LogP contribution is -2.40.